The number of rotatable bonds is 5. The van der Waals surface area contributed by atoms with Crippen LogP contribution in [0.4, 0.5) is 0 Å². The zero-order chi connectivity index (χ0) is 35.2. The molecule has 0 aromatic rings. The Morgan fingerprint density at radius 3 is 2.40 bits per heavy atom. The van der Waals surface area contributed by atoms with Crippen molar-refractivity contribution in [2.45, 2.75) is 161 Å². The molecular formula is C37H58O11. The van der Waals surface area contributed by atoms with Crippen LogP contribution in [-0.4, -0.2) is 104 Å². The lowest BCUT2D eigenvalue weighted by Crippen LogP contribution is -2.61. The van der Waals surface area contributed by atoms with E-state index in [9.17, 15) is 35.4 Å². The van der Waals surface area contributed by atoms with Gasteiger partial charge in [-0.05, 0) is 92.3 Å². The van der Waals surface area contributed by atoms with Gasteiger partial charge in [0.05, 0.1) is 18.3 Å². The second-order valence-electron chi connectivity index (χ2n) is 18.4. The van der Waals surface area contributed by atoms with Crippen molar-refractivity contribution in [1.82, 2.24) is 0 Å². The van der Waals surface area contributed by atoms with E-state index in [0.717, 1.165) is 38.5 Å². The van der Waals surface area contributed by atoms with Crippen molar-refractivity contribution in [2.24, 2.45) is 44.8 Å². The second kappa shape index (κ2) is 10.7. The van der Waals surface area contributed by atoms with Crippen LogP contribution >= 0.6 is 0 Å². The van der Waals surface area contributed by atoms with Crippen LogP contribution in [0.5, 0.6) is 0 Å². The molecule has 2 saturated heterocycles. The minimum atomic E-state index is -1.90. The molecule has 11 heteroatoms. The molecule has 0 aromatic heterocycles. The summed E-state index contributed by atoms with van der Waals surface area (Å²) in [6, 6.07) is 0. The molecule has 2 aliphatic heterocycles. The van der Waals surface area contributed by atoms with E-state index in [0.29, 0.717) is 6.42 Å². The van der Waals surface area contributed by atoms with E-state index < -0.39 is 71.1 Å². The summed E-state index contributed by atoms with van der Waals surface area (Å²) in [5.74, 6) is -2.63. The van der Waals surface area contributed by atoms with E-state index in [1.807, 2.05) is 0 Å². The maximum Gasteiger partial charge on any atom is 0.303 e. The molecule has 16 atom stereocenters. The molecular weight excluding hydrogens is 620 g/mol. The first-order chi connectivity index (χ1) is 22.1. The van der Waals surface area contributed by atoms with Gasteiger partial charge in [-0.15, -0.1) is 0 Å². The van der Waals surface area contributed by atoms with Crippen molar-refractivity contribution >= 4 is 5.97 Å². The van der Waals surface area contributed by atoms with E-state index >= 15 is 0 Å². The third kappa shape index (κ3) is 4.35. The lowest BCUT2D eigenvalue weighted by atomic mass is 9.44. The first-order valence-corrected chi connectivity index (χ1v) is 18.1. The maximum absolute atomic E-state index is 12.6. The molecule has 2 heterocycles. The molecule has 5 aliphatic carbocycles. The number of hydrogen-bond donors (Lipinski definition) is 6. The second-order valence-corrected chi connectivity index (χ2v) is 18.4. The number of allylic oxidation sites excluding steroid dienone is 1. The number of aliphatic hydroxyl groups is 6. The van der Waals surface area contributed by atoms with Crippen LogP contribution in [-0.2, 0) is 23.7 Å². The monoisotopic (exact) mass is 678 g/mol. The average Bonchev–Trinajstić information content (AvgIpc) is 3.62. The highest BCUT2D eigenvalue weighted by Crippen LogP contribution is 2.88. The van der Waals surface area contributed by atoms with Crippen molar-refractivity contribution in [3.05, 3.63) is 11.6 Å². The Labute approximate surface area is 284 Å². The molecule has 272 valence electrons. The summed E-state index contributed by atoms with van der Waals surface area (Å²) >= 11 is 0. The molecule has 48 heavy (non-hydrogen) atoms. The fourth-order valence-electron chi connectivity index (χ4n) is 13.0. The van der Waals surface area contributed by atoms with E-state index in [1.165, 1.54) is 12.5 Å². The number of aliphatic hydroxyl groups excluding tert-OH is 4. The summed E-state index contributed by atoms with van der Waals surface area (Å²) in [5.41, 5.74) is -1.83. The molecule has 7 aliphatic rings. The van der Waals surface area contributed by atoms with Gasteiger partial charge in [0.25, 0.3) is 0 Å². The van der Waals surface area contributed by atoms with Gasteiger partial charge in [0, 0.05) is 18.3 Å². The molecule has 0 bridgehead atoms. The first-order valence-electron chi connectivity index (χ1n) is 18.1. The fraction of sp³-hybridized carbons (Fsp3) is 0.919. The largest absolute Gasteiger partial charge is 0.457 e. The van der Waals surface area contributed by atoms with Gasteiger partial charge in [-0.2, -0.15) is 0 Å². The molecule has 0 amide bonds. The van der Waals surface area contributed by atoms with E-state index in [4.69, 9.17) is 18.9 Å². The maximum atomic E-state index is 12.6. The van der Waals surface area contributed by atoms with Gasteiger partial charge < -0.3 is 49.6 Å². The lowest BCUT2D eigenvalue weighted by molar-refractivity contribution is -0.341. The van der Waals surface area contributed by atoms with Crippen LogP contribution in [0.1, 0.15) is 100 Å². The highest BCUT2D eigenvalue weighted by atomic mass is 16.7. The summed E-state index contributed by atoms with van der Waals surface area (Å²) in [6.45, 7) is 15.2. The molecule has 4 saturated carbocycles. The zero-order valence-electron chi connectivity index (χ0n) is 29.8. The van der Waals surface area contributed by atoms with Gasteiger partial charge in [0.2, 0.25) is 0 Å². The SMILES string of the molecule is CC(=O)O[C@@H]([C@H]1C[C@@H](C)[C@H]2[C@@](O)(O1)[C@H](O)[C@@]1(C)C3=CC[C@@H]4C(C)(C)[C@@H](O[C@H]5OC[C@@H](O)[C@H](O)[C@H]5O)CC[C@@]45C[C@@]35CC[C@]21C)C(C)(C)O. The molecule has 7 rings (SSSR count). The molecule has 2 spiro atoms. The summed E-state index contributed by atoms with van der Waals surface area (Å²) in [6.07, 6.45) is -0.0661. The van der Waals surface area contributed by atoms with Crippen LogP contribution < -0.4 is 0 Å². The quantitative estimate of drug-likeness (QED) is 0.186. The zero-order valence-corrected chi connectivity index (χ0v) is 29.8. The topological polar surface area (TPSA) is 175 Å². The Morgan fingerprint density at radius 2 is 1.75 bits per heavy atom. The van der Waals surface area contributed by atoms with E-state index in [1.54, 1.807) is 13.8 Å². The van der Waals surface area contributed by atoms with Crippen molar-refractivity contribution in [3.8, 4) is 0 Å². The third-order valence-electron chi connectivity index (χ3n) is 15.2. The van der Waals surface area contributed by atoms with E-state index in [2.05, 4.69) is 40.7 Å². The molecule has 0 unspecified atom stereocenters. The third-order valence-corrected chi connectivity index (χ3v) is 15.2. The van der Waals surface area contributed by atoms with E-state index in [-0.39, 0.29) is 46.7 Å². The molecule has 6 N–H and O–H groups in total. The smallest absolute Gasteiger partial charge is 0.303 e. The van der Waals surface area contributed by atoms with Crippen molar-refractivity contribution in [3.63, 3.8) is 0 Å². The van der Waals surface area contributed by atoms with Gasteiger partial charge in [-0.3, -0.25) is 4.79 Å². The summed E-state index contributed by atoms with van der Waals surface area (Å²) in [4.78, 5) is 12.1. The normalized spacial score (nSPS) is 54.4. The van der Waals surface area contributed by atoms with Gasteiger partial charge in [0.1, 0.15) is 30.5 Å². The van der Waals surface area contributed by atoms with Gasteiger partial charge in [0.15, 0.2) is 18.2 Å². The Morgan fingerprint density at radius 1 is 1.06 bits per heavy atom. The minimum Gasteiger partial charge on any atom is -0.457 e. The predicted molar refractivity (Wildman–Crippen MR) is 172 cm³/mol. The number of esters is 1. The number of fused-ring (bicyclic) bond motifs is 4. The Bertz CT molecular complexity index is 1360. The summed E-state index contributed by atoms with van der Waals surface area (Å²) in [7, 11) is 0. The van der Waals surface area contributed by atoms with Crippen LogP contribution in [0.3, 0.4) is 0 Å². The van der Waals surface area contributed by atoms with Crippen LogP contribution in [0.25, 0.3) is 0 Å². The number of ether oxygens (including phenoxy) is 4. The fourth-order valence-corrected chi connectivity index (χ4v) is 13.0. The lowest BCUT2D eigenvalue weighted by Gasteiger charge is -2.60. The Kier molecular flexibility index (Phi) is 7.86. The van der Waals surface area contributed by atoms with Crippen molar-refractivity contribution < 1.29 is 54.4 Å². The van der Waals surface area contributed by atoms with Gasteiger partial charge in [-0.1, -0.05) is 46.3 Å². The Hall–Kier alpha value is -1.15. The predicted octanol–water partition coefficient (Wildman–Crippen LogP) is 2.57. The minimum absolute atomic E-state index is 0.0129. The standard InChI is InChI=1S/C37H58O11/c1-18-15-21(28(32(5,6)43)46-19(2)38)48-37(44)27(18)33(7)13-14-36-17-35(36)12-11-24(47-29-26(41)25(40)20(39)16-45-29)31(3,4)22(35)9-10-23(36)34(33,8)30(37)42/h10,18,20-22,24-30,39-44H,9,11-17H2,1-8H3/t18-,20-,21-,22-,24+,25+,26-,27-,28+,29-,30-,33-,34-,35-,36+,37-/m1/s1. The molecule has 0 radical (unpaired) electrons. The summed E-state index contributed by atoms with van der Waals surface area (Å²) in [5, 5.41) is 66.9. The number of carbonyl (C=O) groups excluding carboxylic acids is 1. The van der Waals surface area contributed by atoms with Crippen LogP contribution in [0.15, 0.2) is 11.6 Å². The number of carbonyl (C=O) groups is 1. The van der Waals surface area contributed by atoms with Gasteiger partial charge in [-0.25, -0.2) is 0 Å². The highest BCUT2D eigenvalue weighted by Gasteiger charge is 2.85. The Balaban J connectivity index is 1.20. The van der Waals surface area contributed by atoms with Gasteiger partial charge >= 0.3 is 5.97 Å². The molecule has 0 aromatic carbocycles. The van der Waals surface area contributed by atoms with Crippen LogP contribution in [0.2, 0.25) is 0 Å². The number of hydrogen-bond acceptors (Lipinski definition) is 11. The average molecular weight is 679 g/mol. The summed E-state index contributed by atoms with van der Waals surface area (Å²) < 4.78 is 24.2. The van der Waals surface area contributed by atoms with Crippen LogP contribution in [0, 0.1) is 44.8 Å². The molecule has 6 fully saturated rings. The molecule has 11 nitrogen and oxygen atoms in total. The van der Waals surface area contributed by atoms with Crippen molar-refractivity contribution in [2.75, 3.05) is 6.61 Å². The highest BCUT2D eigenvalue weighted by molar-refractivity contribution is 5.66. The first kappa shape index (κ1) is 35.3. The van der Waals surface area contributed by atoms with Crippen molar-refractivity contribution in [1.29, 1.82) is 0 Å².